The number of aromatic nitrogens is 2. The van der Waals surface area contributed by atoms with Crippen molar-refractivity contribution < 1.29 is 4.79 Å². The Morgan fingerprint density at radius 2 is 2.24 bits per heavy atom. The van der Waals surface area contributed by atoms with Gasteiger partial charge in [-0.15, -0.1) is 0 Å². The molecule has 0 saturated heterocycles. The number of rotatable bonds is 5. The number of thioether (sulfide) groups is 1. The van der Waals surface area contributed by atoms with Crippen molar-refractivity contribution in [2.75, 3.05) is 5.32 Å². The van der Waals surface area contributed by atoms with Crippen molar-refractivity contribution in [3.63, 3.8) is 0 Å². The van der Waals surface area contributed by atoms with E-state index < -0.39 is 0 Å². The van der Waals surface area contributed by atoms with Crippen LogP contribution in [0.2, 0.25) is 0 Å². The molecule has 0 radical (unpaired) electrons. The first-order valence-electron chi connectivity index (χ1n) is 8.52. The van der Waals surface area contributed by atoms with Crippen LogP contribution in [0.25, 0.3) is 0 Å². The molecule has 1 aliphatic carbocycles. The highest BCUT2D eigenvalue weighted by Crippen LogP contribution is 2.31. The quantitative estimate of drug-likeness (QED) is 0.829. The van der Waals surface area contributed by atoms with E-state index in [1.54, 1.807) is 18.3 Å². The number of nitrogens with zero attached hydrogens (tertiary/aromatic N) is 3. The summed E-state index contributed by atoms with van der Waals surface area (Å²) in [5.41, 5.74) is 2.82. The second-order valence-electron chi connectivity index (χ2n) is 5.98. The molecule has 0 aliphatic heterocycles. The smallest absolute Gasteiger partial charge is 0.239 e. The Bertz CT molecular complexity index is 801. The van der Waals surface area contributed by atoms with Gasteiger partial charge in [0.2, 0.25) is 5.91 Å². The Morgan fingerprint density at radius 3 is 2.96 bits per heavy atom. The van der Waals surface area contributed by atoms with Crippen LogP contribution in [0.5, 0.6) is 0 Å². The minimum absolute atomic E-state index is 0.116. The van der Waals surface area contributed by atoms with Crippen molar-refractivity contribution in [3.05, 3.63) is 47.3 Å². The largest absolute Gasteiger partial charge is 0.310 e. The number of hydrogen-bond donors (Lipinski definition) is 1. The molecule has 0 fully saturated rings. The van der Waals surface area contributed by atoms with E-state index >= 15 is 0 Å². The van der Waals surface area contributed by atoms with Gasteiger partial charge >= 0.3 is 0 Å². The highest BCUT2D eigenvalue weighted by Gasteiger charge is 2.23. The molecule has 0 bridgehead atoms. The lowest BCUT2D eigenvalue weighted by Gasteiger charge is -2.19. The number of aryl methyl sites for hydroxylation is 2. The van der Waals surface area contributed by atoms with Gasteiger partial charge in [0, 0.05) is 11.9 Å². The van der Waals surface area contributed by atoms with Gasteiger partial charge in [0.15, 0.2) is 0 Å². The summed E-state index contributed by atoms with van der Waals surface area (Å²) in [6.07, 6.45) is 6.50. The average Bonchev–Trinajstić information content (AvgIpc) is 2.66. The highest BCUT2D eigenvalue weighted by molar-refractivity contribution is 8.00. The molecule has 128 valence electrons. The number of nitrogens with one attached hydrogen (secondary N) is 1. The van der Waals surface area contributed by atoms with E-state index in [2.05, 4.69) is 16.4 Å². The minimum atomic E-state index is -0.316. The van der Waals surface area contributed by atoms with Crippen LogP contribution in [-0.2, 0) is 17.6 Å². The van der Waals surface area contributed by atoms with Gasteiger partial charge in [-0.25, -0.2) is 9.97 Å². The lowest BCUT2D eigenvalue weighted by atomic mass is 9.95. The maximum absolute atomic E-state index is 12.6. The number of hydrogen-bond acceptors (Lipinski definition) is 5. The molecule has 0 spiro atoms. The van der Waals surface area contributed by atoms with E-state index in [0.29, 0.717) is 22.8 Å². The van der Waals surface area contributed by atoms with Crippen molar-refractivity contribution >= 4 is 23.5 Å². The van der Waals surface area contributed by atoms with Crippen molar-refractivity contribution in [1.82, 2.24) is 9.97 Å². The summed E-state index contributed by atoms with van der Waals surface area (Å²) in [5, 5.41) is 12.6. The van der Waals surface area contributed by atoms with E-state index in [1.165, 1.54) is 17.3 Å². The number of carbonyl (C=O) groups is 1. The zero-order valence-corrected chi connectivity index (χ0v) is 15.0. The van der Waals surface area contributed by atoms with Gasteiger partial charge < -0.3 is 5.32 Å². The molecule has 6 heteroatoms. The van der Waals surface area contributed by atoms with Crippen molar-refractivity contribution in [2.45, 2.75) is 49.3 Å². The number of anilines is 1. The molecular weight excluding hydrogens is 332 g/mol. The normalized spacial score (nSPS) is 14.2. The molecule has 0 aromatic carbocycles. The monoisotopic (exact) mass is 352 g/mol. The standard InChI is InChI=1S/C19H20N4OS/c1-2-16(18(24)23-17-9-5-6-10-21-17)25-19-14(12-20)11-13-7-3-4-8-15(13)22-19/h5-6,9-11,16H,2-4,7-8H2,1H3,(H,21,23,24). The summed E-state index contributed by atoms with van der Waals surface area (Å²) in [6, 6.07) is 9.58. The Labute approximate surface area is 151 Å². The molecule has 1 unspecified atom stereocenters. The zero-order valence-electron chi connectivity index (χ0n) is 14.2. The van der Waals surface area contributed by atoms with Gasteiger partial charge in [-0.3, -0.25) is 4.79 Å². The lowest BCUT2D eigenvalue weighted by Crippen LogP contribution is -2.25. The summed E-state index contributed by atoms with van der Waals surface area (Å²) in [6.45, 7) is 1.96. The van der Waals surface area contributed by atoms with Crippen LogP contribution in [0.15, 0.2) is 35.5 Å². The molecule has 1 aliphatic rings. The summed E-state index contributed by atoms with van der Waals surface area (Å²) in [4.78, 5) is 21.4. The third-order valence-electron chi connectivity index (χ3n) is 4.22. The fourth-order valence-electron chi connectivity index (χ4n) is 2.89. The van der Waals surface area contributed by atoms with Crippen LogP contribution in [0.1, 0.15) is 43.0 Å². The van der Waals surface area contributed by atoms with E-state index in [4.69, 9.17) is 4.98 Å². The molecule has 1 amide bonds. The fourth-order valence-corrected chi connectivity index (χ4v) is 3.88. The third-order valence-corrected chi connectivity index (χ3v) is 5.59. The maximum Gasteiger partial charge on any atom is 0.239 e. The van der Waals surface area contributed by atoms with Gasteiger partial charge in [-0.1, -0.05) is 24.8 Å². The first-order valence-corrected chi connectivity index (χ1v) is 9.40. The van der Waals surface area contributed by atoms with E-state index in [-0.39, 0.29) is 11.2 Å². The van der Waals surface area contributed by atoms with E-state index in [1.807, 2.05) is 19.1 Å². The Balaban J connectivity index is 1.79. The SMILES string of the molecule is CCC(Sc1nc2c(cc1C#N)CCCC2)C(=O)Nc1ccccn1. The minimum Gasteiger partial charge on any atom is -0.310 e. The van der Waals surface area contributed by atoms with Gasteiger partial charge in [0.05, 0.1) is 10.8 Å². The predicted molar refractivity (Wildman–Crippen MR) is 98.4 cm³/mol. The molecule has 2 heterocycles. The average molecular weight is 352 g/mol. The van der Waals surface area contributed by atoms with Crippen molar-refractivity contribution in [1.29, 1.82) is 5.26 Å². The first-order chi connectivity index (χ1) is 12.2. The lowest BCUT2D eigenvalue weighted by molar-refractivity contribution is -0.115. The Hall–Kier alpha value is -2.39. The van der Waals surface area contributed by atoms with Crippen LogP contribution >= 0.6 is 11.8 Å². The topological polar surface area (TPSA) is 78.7 Å². The van der Waals surface area contributed by atoms with Crippen molar-refractivity contribution in [2.24, 2.45) is 0 Å². The fraction of sp³-hybridized carbons (Fsp3) is 0.368. The van der Waals surface area contributed by atoms with Crippen LogP contribution in [-0.4, -0.2) is 21.1 Å². The first kappa shape index (κ1) is 17.4. The molecule has 1 atom stereocenters. The van der Waals surface area contributed by atoms with Gasteiger partial charge in [-0.05, 0) is 55.9 Å². The molecule has 5 nitrogen and oxygen atoms in total. The molecular formula is C19H20N4OS. The van der Waals surface area contributed by atoms with Crippen LogP contribution in [0.3, 0.4) is 0 Å². The summed E-state index contributed by atoms with van der Waals surface area (Å²) in [5.74, 6) is 0.417. The summed E-state index contributed by atoms with van der Waals surface area (Å²) in [7, 11) is 0. The number of nitriles is 1. The number of fused-ring (bicyclic) bond motifs is 1. The maximum atomic E-state index is 12.6. The molecule has 2 aromatic heterocycles. The molecule has 2 aromatic rings. The molecule has 1 N–H and O–H groups in total. The Kier molecular flexibility index (Phi) is 5.67. The van der Waals surface area contributed by atoms with E-state index in [0.717, 1.165) is 31.4 Å². The zero-order chi connectivity index (χ0) is 17.6. The predicted octanol–water partition coefficient (Wildman–Crippen LogP) is 3.74. The van der Waals surface area contributed by atoms with Crippen LogP contribution < -0.4 is 5.32 Å². The third kappa shape index (κ3) is 4.18. The van der Waals surface area contributed by atoms with Gasteiger partial charge in [0.25, 0.3) is 0 Å². The van der Waals surface area contributed by atoms with Gasteiger partial charge in [0.1, 0.15) is 16.9 Å². The highest BCUT2D eigenvalue weighted by atomic mass is 32.2. The molecule has 0 saturated carbocycles. The Morgan fingerprint density at radius 1 is 1.40 bits per heavy atom. The summed E-state index contributed by atoms with van der Waals surface area (Å²) >= 11 is 1.37. The molecule has 25 heavy (non-hydrogen) atoms. The second-order valence-corrected chi connectivity index (χ2v) is 7.18. The van der Waals surface area contributed by atoms with Crippen LogP contribution in [0, 0.1) is 11.3 Å². The van der Waals surface area contributed by atoms with Crippen LogP contribution in [0.4, 0.5) is 5.82 Å². The number of carbonyl (C=O) groups excluding carboxylic acids is 1. The number of amides is 1. The van der Waals surface area contributed by atoms with Crippen molar-refractivity contribution in [3.8, 4) is 6.07 Å². The van der Waals surface area contributed by atoms with E-state index in [9.17, 15) is 10.1 Å². The second kappa shape index (κ2) is 8.13. The number of pyridine rings is 2. The van der Waals surface area contributed by atoms with Gasteiger partial charge in [-0.2, -0.15) is 5.26 Å². The molecule has 3 rings (SSSR count). The summed E-state index contributed by atoms with van der Waals surface area (Å²) < 4.78 is 0.